The number of hydrogen-bond donors (Lipinski definition) is 1. The molecule has 2 spiro atoms. The summed E-state index contributed by atoms with van der Waals surface area (Å²) in [5, 5.41) is 13.1. The van der Waals surface area contributed by atoms with Gasteiger partial charge in [-0.15, -0.1) is 0 Å². The smallest absolute Gasteiger partial charge is 0.0799 e. The summed E-state index contributed by atoms with van der Waals surface area (Å²) in [5.74, 6) is 1.71. The maximum atomic E-state index is 9.50. The molecule has 7 atom stereocenters. The van der Waals surface area contributed by atoms with Gasteiger partial charge in [-0.05, 0) is 111 Å². The molecule has 5 rings (SSSR count). The fourth-order valence-corrected chi connectivity index (χ4v) is 10.4. The third-order valence-electron chi connectivity index (χ3n) is 11.8. The lowest BCUT2D eigenvalue weighted by atomic mass is 9.42. The van der Waals surface area contributed by atoms with Crippen LogP contribution >= 0.6 is 0 Å². The maximum Gasteiger partial charge on any atom is 0.0799 e. The van der Waals surface area contributed by atoms with Gasteiger partial charge in [0.1, 0.15) is 0 Å². The molecule has 3 nitrogen and oxygen atoms in total. The molecule has 4 fully saturated rings. The number of allylic oxidation sites excluding steroid dienone is 2. The van der Waals surface area contributed by atoms with Crippen molar-refractivity contribution >= 4 is 5.71 Å². The first-order valence-electron chi connectivity index (χ1n) is 12.1. The molecule has 5 aliphatic carbocycles. The zero-order chi connectivity index (χ0) is 21.0. The van der Waals surface area contributed by atoms with Gasteiger partial charge in [0.05, 0.1) is 5.71 Å². The highest BCUT2D eigenvalue weighted by molar-refractivity contribution is 5.99. The topological polar surface area (TPSA) is 35.8 Å². The first kappa shape index (κ1) is 20.1. The van der Waals surface area contributed by atoms with Crippen LogP contribution in [0.5, 0.6) is 0 Å². The molecule has 0 aromatic carbocycles. The van der Waals surface area contributed by atoms with Crippen LogP contribution in [-0.2, 0) is 0 Å². The Morgan fingerprint density at radius 2 is 1.66 bits per heavy atom. The van der Waals surface area contributed by atoms with Crippen molar-refractivity contribution in [2.75, 3.05) is 14.1 Å². The van der Waals surface area contributed by atoms with Crippen LogP contribution in [0.2, 0.25) is 0 Å². The third-order valence-corrected chi connectivity index (χ3v) is 11.8. The van der Waals surface area contributed by atoms with Crippen LogP contribution in [0.25, 0.3) is 0 Å². The summed E-state index contributed by atoms with van der Waals surface area (Å²) in [6.45, 7) is 12.2. The third kappa shape index (κ3) is 2.07. The van der Waals surface area contributed by atoms with Gasteiger partial charge in [0.25, 0.3) is 0 Å². The molecule has 0 radical (unpaired) electrons. The monoisotopic (exact) mass is 398 g/mol. The van der Waals surface area contributed by atoms with Crippen LogP contribution in [0.15, 0.2) is 16.8 Å². The number of fused-ring (bicyclic) bond motifs is 2. The van der Waals surface area contributed by atoms with Crippen molar-refractivity contribution in [1.29, 1.82) is 0 Å². The molecule has 5 aliphatic rings. The van der Waals surface area contributed by atoms with Crippen LogP contribution in [0.4, 0.5) is 0 Å². The molecule has 29 heavy (non-hydrogen) atoms. The highest BCUT2D eigenvalue weighted by Gasteiger charge is 2.81. The van der Waals surface area contributed by atoms with Gasteiger partial charge in [0.2, 0.25) is 0 Å². The average Bonchev–Trinajstić information content (AvgIpc) is 3.23. The van der Waals surface area contributed by atoms with E-state index in [1.807, 2.05) is 6.92 Å². The Morgan fingerprint density at radius 1 is 1.00 bits per heavy atom. The molecule has 1 N–H and O–H groups in total. The SMILES string of the molecule is C/C(=N/O)C1=CC[C@@]2(C)[C@@H]3CC[C@H]4C(C)(C)[C@@H](N(C)C)CC[C@@]45C[C@@]35CC[C@]12C. The second-order valence-electron chi connectivity index (χ2n) is 12.8. The van der Waals surface area contributed by atoms with E-state index < -0.39 is 0 Å². The molecule has 0 saturated heterocycles. The minimum absolute atomic E-state index is 0.173. The van der Waals surface area contributed by atoms with Crippen molar-refractivity contribution in [2.45, 2.75) is 92.0 Å². The average molecular weight is 399 g/mol. The fraction of sp³-hybridized carbons (Fsp3) is 0.885. The number of oxime groups is 1. The van der Waals surface area contributed by atoms with Gasteiger partial charge in [0, 0.05) is 11.5 Å². The van der Waals surface area contributed by atoms with E-state index in [9.17, 15) is 5.21 Å². The van der Waals surface area contributed by atoms with E-state index in [0.717, 1.165) is 23.6 Å². The van der Waals surface area contributed by atoms with Crippen molar-refractivity contribution in [3.8, 4) is 0 Å². The Kier molecular flexibility index (Phi) is 3.94. The van der Waals surface area contributed by atoms with Gasteiger partial charge >= 0.3 is 0 Å². The predicted molar refractivity (Wildman–Crippen MR) is 119 cm³/mol. The van der Waals surface area contributed by atoms with E-state index >= 15 is 0 Å². The summed E-state index contributed by atoms with van der Waals surface area (Å²) >= 11 is 0. The minimum atomic E-state index is 0.173. The van der Waals surface area contributed by atoms with Crippen molar-refractivity contribution < 1.29 is 5.21 Å². The predicted octanol–water partition coefficient (Wildman–Crippen LogP) is 6.13. The van der Waals surface area contributed by atoms with E-state index in [4.69, 9.17) is 0 Å². The molecule has 0 bridgehead atoms. The summed E-state index contributed by atoms with van der Waals surface area (Å²) in [6, 6.07) is 0.722. The number of rotatable bonds is 2. The largest absolute Gasteiger partial charge is 0.411 e. The van der Waals surface area contributed by atoms with Crippen molar-refractivity contribution in [3.05, 3.63) is 11.6 Å². The van der Waals surface area contributed by atoms with Gasteiger partial charge in [-0.1, -0.05) is 38.9 Å². The normalized spacial score (nSPS) is 52.9. The second kappa shape index (κ2) is 5.69. The zero-order valence-electron chi connectivity index (χ0n) is 19.8. The number of nitrogens with zero attached hydrogens (tertiary/aromatic N) is 2. The van der Waals surface area contributed by atoms with Crippen LogP contribution in [-0.4, -0.2) is 36.0 Å². The summed E-state index contributed by atoms with van der Waals surface area (Å²) < 4.78 is 0. The van der Waals surface area contributed by atoms with E-state index in [2.05, 4.69) is 57.9 Å². The van der Waals surface area contributed by atoms with Crippen LogP contribution in [0.1, 0.15) is 86.0 Å². The summed E-state index contributed by atoms with van der Waals surface area (Å²) in [4.78, 5) is 2.51. The molecule has 4 saturated carbocycles. The first-order chi connectivity index (χ1) is 13.5. The Labute approximate surface area is 178 Å². The Hall–Kier alpha value is -0.830. The molecule has 3 heteroatoms. The van der Waals surface area contributed by atoms with Crippen LogP contribution in [0.3, 0.4) is 0 Å². The maximum absolute atomic E-state index is 9.50. The summed E-state index contributed by atoms with van der Waals surface area (Å²) in [5.41, 5.74) is 4.29. The molecule has 0 amide bonds. The highest BCUT2D eigenvalue weighted by Crippen LogP contribution is 2.88. The van der Waals surface area contributed by atoms with Gasteiger partial charge in [-0.3, -0.25) is 0 Å². The van der Waals surface area contributed by atoms with Gasteiger partial charge in [-0.2, -0.15) is 0 Å². The Balaban J connectivity index is 1.51. The minimum Gasteiger partial charge on any atom is -0.411 e. The van der Waals surface area contributed by atoms with E-state index in [1.165, 1.54) is 56.9 Å². The molecule has 0 unspecified atom stereocenters. The fourth-order valence-electron chi connectivity index (χ4n) is 10.4. The molecule has 0 heterocycles. The molecule has 0 aromatic heterocycles. The van der Waals surface area contributed by atoms with Crippen molar-refractivity contribution in [1.82, 2.24) is 4.90 Å². The van der Waals surface area contributed by atoms with Gasteiger partial charge in [-0.25, -0.2) is 0 Å². The Bertz CT molecular complexity index is 797. The zero-order valence-corrected chi connectivity index (χ0v) is 19.8. The summed E-state index contributed by atoms with van der Waals surface area (Å²) in [6.07, 6.45) is 13.4. The lowest BCUT2D eigenvalue weighted by molar-refractivity contribution is -0.135. The van der Waals surface area contributed by atoms with E-state index in [-0.39, 0.29) is 5.41 Å². The lowest BCUT2D eigenvalue weighted by Gasteiger charge is -2.63. The lowest BCUT2D eigenvalue weighted by Crippen LogP contribution is -2.59. The highest BCUT2D eigenvalue weighted by atomic mass is 16.4. The molecular formula is C26H42N2O. The van der Waals surface area contributed by atoms with E-state index in [1.54, 1.807) is 0 Å². The van der Waals surface area contributed by atoms with Crippen LogP contribution < -0.4 is 0 Å². The second-order valence-corrected chi connectivity index (χ2v) is 12.8. The number of hydrogen-bond acceptors (Lipinski definition) is 3. The molecule has 162 valence electrons. The molecule has 0 aliphatic heterocycles. The first-order valence-corrected chi connectivity index (χ1v) is 12.1. The van der Waals surface area contributed by atoms with Crippen molar-refractivity contribution in [3.63, 3.8) is 0 Å². The molecular weight excluding hydrogens is 356 g/mol. The summed E-state index contributed by atoms with van der Waals surface area (Å²) in [7, 11) is 4.59. The Morgan fingerprint density at radius 3 is 2.31 bits per heavy atom. The van der Waals surface area contributed by atoms with Crippen LogP contribution in [0, 0.1) is 38.9 Å². The van der Waals surface area contributed by atoms with Crippen molar-refractivity contribution in [2.24, 2.45) is 44.1 Å². The molecule has 0 aromatic rings. The quantitative estimate of drug-likeness (QED) is 0.345. The van der Waals surface area contributed by atoms with Gasteiger partial charge in [0.15, 0.2) is 0 Å². The van der Waals surface area contributed by atoms with Gasteiger partial charge < -0.3 is 10.1 Å². The standard InChI is InChI=1S/C26H42N2O/c1-17(27-29)18-10-12-24(5)20-9-8-19-22(2,3)21(28(6)7)11-13-25(19)16-26(20,25)15-14-23(18,24)4/h10,19-21,29H,8-9,11-16H2,1-7H3/b27-17-/t19-,20-,21-,23+,24-,25+,26-/m0/s1. The van der Waals surface area contributed by atoms with E-state index in [0.29, 0.717) is 21.7 Å².